The number of nitrogen functional groups attached to an aromatic ring is 1. The van der Waals surface area contributed by atoms with Crippen LogP contribution in [-0.2, 0) is 16.1 Å². The number of hydrogen-bond acceptors (Lipinski definition) is 6. The van der Waals surface area contributed by atoms with E-state index in [2.05, 4.69) is 5.32 Å². The topological polar surface area (TPSA) is 93.9 Å². The maximum atomic E-state index is 12.2. The molecule has 0 heterocycles. The van der Waals surface area contributed by atoms with E-state index < -0.39 is 18.5 Å². The van der Waals surface area contributed by atoms with E-state index in [4.69, 9.17) is 26.8 Å². The van der Waals surface area contributed by atoms with E-state index in [1.54, 1.807) is 0 Å². The van der Waals surface area contributed by atoms with Crippen molar-refractivity contribution in [1.29, 1.82) is 0 Å². The van der Waals surface area contributed by atoms with E-state index in [-0.39, 0.29) is 22.0 Å². The van der Waals surface area contributed by atoms with Gasteiger partial charge in [-0.05, 0) is 23.8 Å². The van der Waals surface area contributed by atoms with E-state index in [9.17, 15) is 9.59 Å². The van der Waals surface area contributed by atoms with Crippen molar-refractivity contribution in [2.75, 3.05) is 38.4 Å². The van der Waals surface area contributed by atoms with E-state index in [0.717, 1.165) is 11.3 Å². The average molecular weight is 392 g/mol. The second-order valence-corrected chi connectivity index (χ2v) is 6.39. The number of amides is 1. The number of methoxy groups -OCH3 is 1. The minimum Gasteiger partial charge on any atom is -0.496 e. The van der Waals surface area contributed by atoms with E-state index in [1.807, 2.05) is 43.3 Å². The third-order valence-electron chi connectivity index (χ3n) is 3.82. The Morgan fingerprint density at radius 1 is 1.19 bits per heavy atom. The van der Waals surface area contributed by atoms with Gasteiger partial charge in [-0.2, -0.15) is 0 Å². The summed E-state index contributed by atoms with van der Waals surface area (Å²) in [7, 11) is 5.30. The number of nitrogens with two attached hydrogens (primary N) is 1. The zero-order chi connectivity index (χ0) is 20.0. The van der Waals surface area contributed by atoms with Crippen LogP contribution >= 0.6 is 11.6 Å². The number of ether oxygens (including phenoxy) is 2. The highest BCUT2D eigenvalue weighted by Crippen LogP contribution is 2.29. The molecule has 0 aliphatic rings. The van der Waals surface area contributed by atoms with Crippen LogP contribution < -0.4 is 20.7 Å². The zero-order valence-electron chi connectivity index (χ0n) is 15.4. The number of benzene rings is 2. The lowest BCUT2D eigenvalue weighted by atomic mass is 10.2. The highest BCUT2D eigenvalue weighted by atomic mass is 35.5. The number of rotatable bonds is 7. The monoisotopic (exact) mass is 391 g/mol. The summed E-state index contributed by atoms with van der Waals surface area (Å²) in [5, 5.41) is 2.90. The molecule has 0 aliphatic heterocycles. The van der Waals surface area contributed by atoms with Gasteiger partial charge in [0.2, 0.25) is 0 Å². The molecule has 0 spiro atoms. The molecule has 27 heavy (non-hydrogen) atoms. The summed E-state index contributed by atoms with van der Waals surface area (Å²) in [6, 6.07) is 10.5. The Labute approximate surface area is 163 Å². The molecule has 0 unspecified atom stereocenters. The first-order valence-electron chi connectivity index (χ1n) is 8.15. The van der Waals surface area contributed by atoms with Crippen LogP contribution in [0.15, 0.2) is 36.4 Å². The lowest BCUT2D eigenvalue weighted by molar-refractivity contribution is -0.124. The second-order valence-electron chi connectivity index (χ2n) is 5.99. The molecule has 0 fully saturated rings. The summed E-state index contributed by atoms with van der Waals surface area (Å²) in [5.41, 5.74) is 8.06. The number of anilines is 2. The molecule has 2 rings (SSSR count). The molecule has 144 valence electrons. The molecule has 2 aromatic rings. The highest BCUT2D eigenvalue weighted by molar-refractivity contribution is 6.33. The largest absolute Gasteiger partial charge is 0.496 e. The van der Waals surface area contributed by atoms with Gasteiger partial charge in [0.05, 0.1) is 17.8 Å². The molecule has 0 aliphatic carbocycles. The fourth-order valence-corrected chi connectivity index (χ4v) is 2.43. The molecule has 2 aromatic carbocycles. The molecule has 0 saturated heterocycles. The Morgan fingerprint density at radius 2 is 1.85 bits per heavy atom. The molecular formula is C19H22ClN3O4. The Kier molecular flexibility index (Phi) is 6.90. The van der Waals surface area contributed by atoms with Crippen LogP contribution in [0.2, 0.25) is 5.02 Å². The number of halogens is 1. The Balaban J connectivity index is 1.88. The lowest BCUT2D eigenvalue weighted by Crippen LogP contribution is -2.28. The van der Waals surface area contributed by atoms with E-state index in [1.165, 1.54) is 19.2 Å². The number of nitrogens with zero attached hydrogens (tertiary/aromatic N) is 1. The van der Waals surface area contributed by atoms with Crippen LogP contribution in [0, 0.1) is 0 Å². The number of nitrogens with one attached hydrogen (secondary N) is 1. The van der Waals surface area contributed by atoms with Gasteiger partial charge < -0.3 is 25.4 Å². The predicted octanol–water partition coefficient (Wildman–Crippen LogP) is 2.47. The maximum Gasteiger partial charge on any atom is 0.342 e. The summed E-state index contributed by atoms with van der Waals surface area (Å²) >= 11 is 5.93. The minimum atomic E-state index is -0.723. The Morgan fingerprint density at radius 3 is 2.44 bits per heavy atom. The van der Waals surface area contributed by atoms with Gasteiger partial charge >= 0.3 is 5.97 Å². The third-order valence-corrected chi connectivity index (χ3v) is 4.14. The summed E-state index contributed by atoms with van der Waals surface area (Å²) in [5.74, 6) is -0.914. The van der Waals surface area contributed by atoms with Gasteiger partial charge in [-0.3, -0.25) is 4.79 Å². The molecule has 0 saturated carbocycles. The van der Waals surface area contributed by atoms with Gasteiger partial charge in [0, 0.05) is 32.4 Å². The van der Waals surface area contributed by atoms with Crippen molar-refractivity contribution >= 4 is 34.9 Å². The molecule has 0 radical (unpaired) electrons. The Bertz CT molecular complexity index is 822. The quantitative estimate of drug-likeness (QED) is 0.556. The van der Waals surface area contributed by atoms with Crippen LogP contribution in [0.3, 0.4) is 0 Å². The number of hydrogen-bond donors (Lipinski definition) is 2. The molecular weight excluding hydrogens is 370 g/mol. The first-order valence-corrected chi connectivity index (χ1v) is 8.52. The van der Waals surface area contributed by atoms with Crippen molar-refractivity contribution in [2.24, 2.45) is 0 Å². The van der Waals surface area contributed by atoms with Crippen molar-refractivity contribution in [3.05, 3.63) is 52.5 Å². The molecule has 7 nitrogen and oxygen atoms in total. The number of esters is 1. The number of carbonyl (C=O) groups excluding carboxylic acids is 2. The van der Waals surface area contributed by atoms with Gasteiger partial charge in [0.25, 0.3) is 5.91 Å². The summed E-state index contributed by atoms with van der Waals surface area (Å²) in [6.45, 7) is -0.0825. The van der Waals surface area contributed by atoms with E-state index in [0.29, 0.717) is 6.54 Å². The van der Waals surface area contributed by atoms with Gasteiger partial charge in [0.15, 0.2) is 6.61 Å². The van der Waals surface area contributed by atoms with Crippen molar-refractivity contribution < 1.29 is 19.1 Å². The molecule has 8 heteroatoms. The first-order chi connectivity index (χ1) is 12.8. The zero-order valence-corrected chi connectivity index (χ0v) is 16.2. The SMILES string of the molecule is COc1cc(N)c(Cl)cc1C(=O)OCC(=O)NCc1ccc(N(C)C)cc1. The average Bonchev–Trinajstić information content (AvgIpc) is 2.66. The normalized spacial score (nSPS) is 10.2. The van der Waals surface area contributed by atoms with Crippen LogP contribution in [0.1, 0.15) is 15.9 Å². The van der Waals surface area contributed by atoms with Crippen LogP contribution in [0.5, 0.6) is 5.75 Å². The van der Waals surface area contributed by atoms with Gasteiger partial charge in [-0.25, -0.2) is 4.79 Å². The smallest absolute Gasteiger partial charge is 0.342 e. The number of carbonyl (C=O) groups is 2. The van der Waals surface area contributed by atoms with Crippen molar-refractivity contribution in [3.8, 4) is 5.75 Å². The predicted molar refractivity (Wildman–Crippen MR) is 105 cm³/mol. The lowest BCUT2D eigenvalue weighted by Gasteiger charge is -2.13. The molecule has 1 amide bonds. The first kappa shape index (κ1) is 20.4. The third kappa shape index (κ3) is 5.52. The van der Waals surface area contributed by atoms with Crippen LogP contribution in [-0.4, -0.2) is 39.7 Å². The maximum absolute atomic E-state index is 12.2. The fourth-order valence-electron chi connectivity index (χ4n) is 2.27. The van der Waals surface area contributed by atoms with Gasteiger partial charge in [0.1, 0.15) is 11.3 Å². The van der Waals surface area contributed by atoms with Gasteiger partial charge in [-0.15, -0.1) is 0 Å². The van der Waals surface area contributed by atoms with Crippen molar-refractivity contribution in [1.82, 2.24) is 5.32 Å². The summed E-state index contributed by atoms with van der Waals surface area (Å²) in [6.07, 6.45) is 0. The van der Waals surface area contributed by atoms with Crippen molar-refractivity contribution in [2.45, 2.75) is 6.54 Å². The van der Waals surface area contributed by atoms with Crippen LogP contribution in [0.25, 0.3) is 0 Å². The Hall–Kier alpha value is -2.93. The molecule has 0 aromatic heterocycles. The van der Waals surface area contributed by atoms with E-state index >= 15 is 0 Å². The fraction of sp³-hybridized carbons (Fsp3) is 0.263. The second kappa shape index (κ2) is 9.14. The molecule has 0 bridgehead atoms. The summed E-state index contributed by atoms with van der Waals surface area (Å²) < 4.78 is 10.1. The minimum absolute atomic E-state index is 0.101. The molecule has 3 N–H and O–H groups in total. The standard InChI is InChI=1S/C19H22ClN3O4/c1-23(2)13-6-4-12(5-7-13)10-22-18(24)11-27-19(25)14-8-15(20)16(21)9-17(14)26-3/h4-9H,10-11,21H2,1-3H3,(H,22,24). The highest BCUT2D eigenvalue weighted by Gasteiger charge is 2.17. The van der Waals surface area contributed by atoms with Crippen LogP contribution in [0.4, 0.5) is 11.4 Å². The van der Waals surface area contributed by atoms with Gasteiger partial charge in [-0.1, -0.05) is 23.7 Å². The molecule has 0 atom stereocenters. The summed E-state index contributed by atoms with van der Waals surface area (Å²) in [4.78, 5) is 26.1. The van der Waals surface area contributed by atoms with Crippen molar-refractivity contribution in [3.63, 3.8) is 0 Å².